The summed E-state index contributed by atoms with van der Waals surface area (Å²) in [5, 5.41) is 13.5. The molecule has 3 N–H and O–H groups in total. The number of halogens is 1. The largest absolute Gasteiger partial charge is 0.344 e. The van der Waals surface area contributed by atoms with E-state index in [-0.39, 0.29) is 24.4 Å². The lowest BCUT2D eigenvalue weighted by Crippen LogP contribution is -2.30. The van der Waals surface area contributed by atoms with Crippen LogP contribution in [-0.4, -0.2) is 27.6 Å². The summed E-state index contributed by atoms with van der Waals surface area (Å²) < 4.78 is 0. The van der Waals surface area contributed by atoms with Crippen LogP contribution in [0, 0.1) is 0 Å². The summed E-state index contributed by atoms with van der Waals surface area (Å²) in [6, 6.07) is 12.0. The zero-order valence-electron chi connectivity index (χ0n) is 15.0. The molecule has 1 atom stereocenters. The average molecular weight is 384 g/mol. The lowest BCUT2D eigenvalue weighted by Gasteiger charge is -2.16. The first-order valence-corrected chi connectivity index (χ1v) is 8.80. The quantitative estimate of drug-likeness (QED) is 0.646. The van der Waals surface area contributed by atoms with E-state index in [1.807, 2.05) is 37.4 Å². The molecule has 27 heavy (non-hydrogen) atoms. The number of rotatable bonds is 4. The summed E-state index contributed by atoms with van der Waals surface area (Å²) in [6.45, 7) is 3.58. The smallest absolute Gasteiger partial charge is 0.272 e. The maximum atomic E-state index is 12.6. The first-order valence-electron chi connectivity index (χ1n) is 8.80. The van der Waals surface area contributed by atoms with Crippen LogP contribution < -0.4 is 10.6 Å². The SMILES string of the molecule is CC(NC(=O)c1n[nH]c2c1CNCC2)c1ccc(-c2cccnc2)cc1.Cl. The number of nitrogens with one attached hydrogen (secondary N) is 3. The summed E-state index contributed by atoms with van der Waals surface area (Å²) in [5.74, 6) is -0.143. The van der Waals surface area contributed by atoms with Crippen LogP contribution in [0.2, 0.25) is 0 Å². The number of amides is 1. The molecule has 0 saturated carbocycles. The van der Waals surface area contributed by atoms with Crippen molar-refractivity contribution >= 4 is 18.3 Å². The Morgan fingerprint density at radius 1 is 1.19 bits per heavy atom. The minimum Gasteiger partial charge on any atom is -0.344 e. The van der Waals surface area contributed by atoms with Gasteiger partial charge in [-0.2, -0.15) is 5.10 Å². The Morgan fingerprint density at radius 3 is 2.74 bits per heavy atom. The van der Waals surface area contributed by atoms with E-state index in [9.17, 15) is 4.79 Å². The van der Waals surface area contributed by atoms with Gasteiger partial charge in [0.2, 0.25) is 0 Å². The zero-order chi connectivity index (χ0) is 17.9. The number of carbonyl (C=O) groups excluding carboxylic acids is 1. The number of aromatic amines is 1. The minimum absolute atomic E-state index is 0. The van der Waals surface area contributed by atoms with Crippen LogP contribution in [-0.2, 0) is 13.0 Å². The molecule has 1 aliphatic heterocycles. The predicted molar refractivity (Wildman–Crippen MR) is 107 cm³/mol. The first kappa shape index (κ1) is 19.1. The molecule has 0 fully saturated rings. The second kappa shape index (κ2) is 8.33. The Labute approximate surface area is 164 Å². The molecule has 6 nitrogen and oxygen atoms in total. The van der Waals surface area contributed by atoms with Crippen molar-refractivity contribution in [3.63, 3.8) is 0 Å². The third-order valence-corrected chi connectivity index (χ3v) is 4.77. The van der Waals surface area contributed by atoms with E-state index in [4.69, 9.17) is 0 Å². The van der Waals surface area contributed by atoms with Crippen molar-refractivity contribution in [2.45, 2.75) is 25.9 Å². The lowest BCUT2D eigenvalue weighted by molar-refractivity contribution is 0.0933. The Hall–Kier alpha value is -2.70. The average Bonchev–Trinajstić information content (AvgIpc) is 3.13. The molecule has 0 spiro atoms. The molecular weight excluding hydrogens is 362 g/mol. The fraction of sp³-hybridized carbons (Fsp3) is 0.250. The van der Waals surface area contributed by atoms with Crippen LogP contribution in [0.15, 0.2) is 48.8 Å². The van der Waals surface area contributed by atoms with Gasteiger partial charge in [-0.1, -0.05) is 30.3 Å². The maximum Gasteiger partial charge on any atom is 0.272 e. The van der Waals surface area contributed by atoms with Gasteiger partial charge in [-0.3, -0.25) is 14.9 Å². The Bertz CT molecular complexity index is 908. The number of hydrogen-bond donors (Lipinski definition) is 3. The summed E-state index contributed by atoms with van der Waals surface area (Å²) in [7, 11) is 0. The molecule has 0 radical (unpaired) electrons. The zero-order valence-corrected chi connectivity index (χ0v) is 15.8. The number of pyridine rings is 1. The third kappa shape index (κ3) is 4.02. The van der Waals surface area contributed by atoms with Gasteiger partial charge < -0.3 is 10.6 Å². The van der Waals surface area contributed by atoms with E-state index >= 15 is 0 Å². The van der Waals surface area contributed by atoms with Gasteiger partial charge in [0.15, 0.2) is 5.69 Å². The number of hydrogen-bond acceptors (Lipinski definition) is 4. The van der Waals surface area contributed by atoms with Crippen molar-refractivity contribution < 1.29 is 4.79 Å². The number of nitrogens with zero attached hydrogens (tertiary/aromatic N) is 2. The summed E-state index contributed by atoms with van der Waals surface area (Å²) in [6.07, 6.45) is 4.48. The van der Waals surface area contributed by atoms with Crippen molar-refractivity contribution in [1.82, 2.24) is 25.8 Å². The number of fused-ring (bicyclic) bond motifs is 1. The van der Waals surface area contributed by atoms with E-state index < -0.39 is 0 Å². The molecule has 1 unspecified atom stereocenters. The van der Waals surface area contributed by atoms with Crippen LogP contribution in [0.1, 0.15) is 40.3 Å². The van der Waals surface area contributed by atoms with Crippen molar-refractivity contribution in [3.05, 3.63) is 71.3 Å². The van der Waals surface area contributed by atoms with E-state index in [0.29, 0.717) is 12.2 Å². The Balaban J connectivity index is 0.00000210. The monoisotopic (exact) mass is 383 g/mol. The first-order chi connectivity index (χ1) is 12.7. The van der Waals surface area contributed by atoms with Gasteiger partial charge in [0, 0.05) is 43.2 Å². The summed E-state index contributed by atoms with van der Waals surface area (Å²) >= 11 is 0. The minimum atomic E-state index is -0.143. The highest BCUT2D eigenvalue weighted by atomic mass is 35.5. The van der Waals surface area contributed by atoms with Crippen LogP contribution in [0.4, 0.5) is 0 Å². The van der Waals surface area contributed by atoms with Gasteiger partial charge in [-0.15, -0.1) is 12.4 Å². The second-order valence-electron chi connectivity index (χ2n) is 6.51. The van der Waals surface area contributed by atoms with Crippen molar-refractivity contribution in [1.29, 1.82) is 0 Å². The van der Waals surface area contributed by atoms with E-state index in [1.165, 1.54) is 0 Å². The molecule has 1 aliphatic rings. The molecule has 3 heterocycles. The summed E-state index contributed by atoms with van der Waals surface area (Å²) in [4.78, 5) is 16.8. The van der Waals surface area contributed by atoms with Gasteiger partial charge in [-0.05, 0) is 29.7 Å². The van der Waals surface area contributed by atoms with Crippen LogP contribution >= 0.6 is 12.4 Å². The number of carbonyl (C=O) groups is 1. The van der Waals surface area contributed by atoms with Crippen LogP contribution in [0.3, 0.4) is 0 Å². The fourth-order valence-electron chi connectivity index (χ4n) is 3.26. The second-order valence-corrected chi connectivity index (χ2v) is 6.51. The molecule has 1 amide bonds. The number of aromatic nitrogens is 3. The fourth-order valence-corrected chi connectivity index (χ4v) is 3.26. The maximum absolute atomic E-state index is 12.6. The molecular formula is C20H22ClN5O. The molecule has 2 aromatic heterocycles. The van der Waals surface area contributed by atoms with E-state index in [1.54, 1.807) is 6.20 Å². The standard InChI is InChI=1S/C20H21N5O.ClH/c1-13(14-4-6-15(7-5-14)16-3-2-9-21-11-16)23-20(26)19-17-12-22-10-8-18(17)24-25-19;/h2-7,9,11,13,22H,8,10,12H2,1H3,(H,23,26)(H,24,25);1H. The molecule has 0 aliphatic carbocycles. The predicted octanol–water partition coefficient (Wildman–Crippen LogP) is 3.03. The number of benzene rings is 1. The molecule has 4 rings (SSSR count). The van der Waals surface area contributed by atoms with Crippen molar-refractivity contribution in [3.8, 4) is 11.1 Å². The lowest BCUT2D eigenvalue weighted by atomic mass is 10.0. The van der Waals surface area contributed by atoms with Gasteiger partial charge >= 0.3 is 0 Å². The van der Waals surface area contributed by atoms with Crippen molar-refractivity contribution in [2.75, 3.05) is 6.54 Å². The molecule has 1 aromatic carbocycles. The number of H-pyrrole nitrogens is 1. The van der Waals surface area contributed by atoms with Gasteiger partial charge in [0.25, 0.3) is 5.91 Å². The molecule has 3 aromatic rings. The van der Waals surface area contributed by atoms with Crippen LogP contribution in [0.5, 0.6) is 0 Å². The molecule has 0 saturated heterocycles. The van der Waals surface area contributed by atoms with Gasteiger partial charge in [0.05, 0.1) is 6.04 Å². The molecule has 7 heteroatoms. The van der Waals surface area contributed by atoms with Crippen molar-refractivity contribution in [2.24, 2.45) is 0 Å². The normalized spacial score (nSPS) is 14.0. The van der Waals surface area contributed by atoms with Gasteiger partial charge in [0.1, 0.15) is 0 Å². The molecule has 0 bridgehead atoms. The highest BCUT2D eigenvalue weighted by Crippen LogP contribution is 2.22. The van der Waals surface area contributed by atoms with Crippen LogP contribution in [0.25, 0.3) is 11.1 Å². The highest BCUT2D eigenvalue weighted by Gasteiger charge is 2.22. The Kier molecular flexibility index (Phi) is 5.88. The molecule has 140 valence electrons. The Morgan fingerprint density at radius 2 is 2.00 bits per heavy atom. The highest BCUT2D eigenvalue weighted by molar-refractivity contribution is 5.94. The van der Waals surface area contributed by atoms with E-state index in [0.717, 1.165) is 40.9 Å². The third-order valence-electron chi connectivity index (χ3n) is 4.77. The van der Waals surface area contributed by atoms with E-state index in [2.05, 4.69) is 37.9 Å². The summed E-state index contributed by atoms with van der Waals surface area (Å²) in [5.41, 5.74) is 5.76. The van der Waals surface area contributed by atoms with Gasteiger partial charge in [-0.25, -0.2) is 0 Å². The topological polar surface area (TPSA) is 82.7 Å².